The van der Waals surface area contributed by atoms with Crippen molar-refractivity contribution >= 4 is 38.5 Å². The Morgan fingerprint density at radius 3 is 3.00 bits per heavy atom. The standard InChI is InChI=1S/C22H17N5O2S/c1-29-15-4-2-3-13(9-15)11-24-21(28)22-27-17-6-5-14(10-18(17)30-22)19-16-7-8-23-20(16)26-12-25-19/h2-10,12H,11H2,1H3,(H,24,28)(H,23,25,26). The molecule has 0 unspecified atom stereocenters. The molecular formula is C22H17N5O2S. The van der Waals surface area contributed by atoms with Crippen LogP contribution < -0.4 is 10.1 Å². The van der Waals surface area contributed by atoms with E-state index in [1.807, 2.05) is 54.7 Å². The number of H-pyrrole nitrogens is 1. The number of hydrogen-bond donors (Lipinski definition) is 2. The number of carbonyl (C=O) groups excluding carboxylic acids is 1. The first-order valence-electron chi connectivity index (χ1n) is 9.31. The van der Waals surface area contributed by atoms with E-state index in [9.17, 15) is 4.79 Å². The molecule has 0 fully saturated rings. The van der Waals surface area contributed by atoms with Gasteiger partial charge in [0.25, 0.3) is 5.91 Å². The zero-order valence-electron chi connectivity index (χ0n) is 16.0. The summed E-state index contributed by atoms with van der Waals surface area (Å²) >= 11 is 1.37. The number of hydrogen-bond acceptors (Lipinski definition) is 6. The molecule has 0 bridgehead atoms. The Morgan fingerprint density at radius 2 is 2.10 bits per heavy atom. The number of nitrogens with zero attached hydrogens (tertiary/aromatic N) is 3. The minimum Gasteiger partial charge on any atom is -0.497 e. The van der Waals surface area contributed by atoms with Crippen LogP contribution in [0.3, 0.4) is 0 Å². The van der Waals surface area contributed by atoms with Gasteiger partial charge in [-0.05, 0) is 35.9 Å². The number of aromatic amines is 1. The first-order chi connectivity index (χ1) is 14.7. The van der Waals surface area contributed by atoms with Crippen LogP contribution in [0.1, 0.15) is 15.4 Å². The summed E-state index contributed by atoms with van der Waals surface area (Å²) in [6.45, 7) is 0.406. The van der Waals surface area contributed by atoms with Crippen LogP contribution in [-0.2, 0) is 6.54 Å². The van der Waals surface area contributed by atoms with E-state index in [0.29, 0.717) is 11.6 Å². The number of methoxy groups -OCH3 is 1. The minimum absolute atomic E-state index is 0.198. The topological polar surface area (TPSA) is 92.8 Å². The van der Waals surface area contributed by atoms with Gasteiger partial charge in [0.15, 0.2) is 5.01 Å². The van der Waals surface area contributed by atoms with E-state index in [2.05, 4.69) is 25.3 Å². The fraction of sp³-hybridized carbons (Fsp3) is 0.0909. The normalized spacial score (nSPS) is 11.1. The highest BCUT2D eigenvalue weighted by Crippen LogP contribution is 2.30. The predicted molar refractivity (Wildman–Crippen MR) is 117 cm³/mol. The van der Waals surface area contributed by atoms with Crippen molar-refractivity contribution in [3.05, 3.63) is 71.6 Å². The lowest BCUT2D eigenvalue weighted by atomic mass is 10.1. The summed E-state index contributed by atoms with van der Waals surface area (Å²) < 4.78 is 6.15. The number of rotatable bonds is 5. The molecule has 3 heterocycles. The van der Waals surface area contributed by atoms with Gasteiger partial charge in [0, 0.05) is 23.7 Å². The second-order valence-corrected chi connectivity index (χ2v) is 7.73. The average Bonchev–Trinajstić information content (AvgIpc) is 3.43. The summed E-state index contributed by atoms with van der Waals surface area (Å²) in [5, 5.41) is 4.31. The summed E-state index contributed by atoms with van der Waals surface area (Å²) in [4.78, 5) is 28.9. The number of thiazole rings is 1. The predicted octanol–water partition coefficient (Wildman–Crippen LogP) is 4.17. The van der Waals surface area contributed by atoms with E-state index in [4.69, 9.17) is 4.74 Å². The van der Waals surface area contributed by atoms with Gasteiger partial charge < -0.3 is 15.0 Å². The third-order valence-corrected chi connectivity index (χ3v) is 5.81. The summed E-state index contributed by atoms with van der Waals surface area (Å²) in [6, 6.07) is 15.5. The third-order valence-electron chi connectivity index (χ3n) is 4.80. The Hall–Kier alpha value is -3.78. The number of nitrogens with one attached hydrogen (secondary N) is 2. The lowest BCUT2D eigenvalue weighted by molar-refractivity contribution is 0.0950. The van der Waals surface area contributed by atoms with Crippen molar-refractivity contribution in [2.75, 3.05) is 7.11 Å². The number of benzene rings is 2. The first-order valence-corrected chi connectivity index (χ1v) is 10.1. The molecule has 30 heavy (non-hydrogen) atoms. The summed E-state index contributed by atoms with van der Waals surface area (Å²) in [5.41, 5.74) is 4.35. The summed E-state index contributed by atoms with van der Waals surface area (Å²) in [5.74, 6) is 0.561. The lowest BCUT2D eigenvalue weighted by Gasteiger charge is -2.05. The number of aromatic nitrogens is 4. The molecule has 148 valence electrons. The molecule has 1 amide bonds. The maximum atomic E-state index is 12.6. The smallest absolute Gasteiger partial charge is 0.280 e. The van der Waals surface area contributed by atoms with Crippen LogP contribution in [0.5, 0.6) is 5.75 Å². The molecule has 2 N–H and O–H groups in total. The molecule has 0 aliphatic carbocycles. The van der Waals surface area contributed by atoms with Crippen LogP contribution >= 0.6 is 11.3 Å². The maximum Gasteiger partial charge on any atom is 0.280 e. The van der Waals surface area contributed by atoms with Gasteiger partial charge in [-0.15, -0.1) is 11.3 Å². The molecule has 7 nitrogen and oxygen atoms in total. The molecule has 5 aromatic rings. The fourth-order valence-electron chi connectivity index (χ4n) is 3.31. The third kappa shape index (κ3) is 3.37. The molecular weight excluding hydrogens is 398 g/mol. The Labute approximate surface area is 175 Å². The van der Waals surface area contributed by atoms with Gasteiger partial charge in [0.2, 0.25) is 0 Å². The van der Waals surface area contributed by atoms with Crippen molar-refractivity contribution in [1.29, 1.82) is 0 Å². The van der Waals surface area contributed by atoms with Gasteiger partial charge in [-0.3, -0.25) is 4.79 Å². The molecule has 0 aliphatic heterocycles. The lowest BCUT2D eigenvalue weighted by Crippen LogP contribution is -2.22. The van der Waals surface area contributed by atoms with Gasteiger partial charge in [0.05, 0.1) is 23.0 Å². The maximum absolute atomic E-state index is 12.6. The molecule has 0 radical (unpaired) electrons. The van der Waals surface area contributed by atoms with E-state index in [1.54, 1.807) is 13.4 Å². The van der Waals surface area contributed by atoms with E-state index >= 15 is 0 Å². The van der Waals surface area contributed by atoms with Crippen molar-refractivity contribution in [3.8, 4) is 17.0 Å². The molecule has 5 rings (SSSR count). The van der Waals surface area contributed by atoms with Crippen LogP contribution in [0.15, 0.2) is 61.1 Å². The number of fused-ring (bicyclic) bond motifs is 2. The quantitative estimate of drug-likeness (QED) is 0.449. The van der Waals surface area contributed by atoms with Gasteiger partial charge in [0.1, 0.15) is 17.7 Å². The van der Waals surface area contributed by atoms with E-state index in [1.165, 1.54) is 11.3 Å². The van der Waals surface area contributed by atoms with Gasteiger partial charge in [-0.2, -0.15) is 0 Å². The zero-order chi connectivity index (χ0) is 20.5. The molecule has 3 aromatic heterocycles. The Kier molecular flexibility index (Phi) is 4.61. The molecule has 0 spiro atoms. The summed E-state index contributed by atoms with van der Waals surface area (Å²) in [7, 11) is 1.62. The number of amides is 1. The molecule has 8 heteroatoms. The highest BCUT2D eigenvalue weighted by molar-refractivity contribution is 7.20. The zero-order valence-corrected chi connectivity index (χ0v) is 16.9. The van der Waals surface area contributed by atoms with Crippen LogP contribution in [0, 0.1) is 0 Å². The molecule has 0 saturated carbocycles. The molecule has 0 atom stereocenters. The first kappa shape index (κ1) is 18.3. The van der Waals surface area contributed by atoms with Gasteiger partial charge >= 0.3 is 0 Å². The molecule has 2 aromatic carbocycles. The van der Waals surface area contributed by atoms with Crippen LogP contribution in [-0.4, -0.2) is 33.0 Å². The highest BCUT2D eigenvalue weighted by atomic mass is 32.1. The molecule has 0 saturated heterocycles. The highest BCUT2D eigenvalue weighted by Gasteiger charge is 2.14. The average molecular weight is 415 g/mol. The SMILES string of the molecule is COc1cccc(CNC(=O)c2nc3ccc(-c4ncnc5[nH]ccc45)cc3s2)c1. The van der Waals surface area contributed by atoms with E-state index in [-0.39, 0.29) is 5.91 Å². The van der Waals surface area contributed by atoms with Crippen LogP contribution in [0.4, 0.5) is 0 Å². The summed E-state index contributed by atoms with van der Waals surface area (Å²) in [6.07, 6.45) is 3.39. The van der Waals surface area contributed by atoms with Gasteiger partial charge in [-0.1, -0.05) is 18.2 Å². The minimum atomic E-state index is -0.198. The van der Waals surface area contributed by atoms with Crippen molar-refractivity contribution in [1.82, 2.24) is 25.3 Å². The van der Waals surface area contributed by atoms with Crippen molar-refractivity contribution in [2.45, 2.75) is 6.54 Å². The Morgan fingerprint density at radius 1 is 1.17 bits per heavy atom. The number of ether oxygens (including phenoxy) is 1. The second kappa shape index (κ2) is 7.57. The van der Waals surface area contributed by atoms with Crippen molar-refractivity contribution in [2.24, 2.45) is 0 Å². The number of carbonyl (C=O) groups is 1. The Balaban J connectivity index is 1.39. The fourth-order valence-corrected chi connectivity index (χ4v) is 4.23. The van der Waals surface area contributed by atoms with Crippen LogP contribution in [0.2, 0.25) is 0 Å². The van der Waals surface area contributed by atoms with E-state index in [0.717, 1.165) is 43.8 Å². The largest absolute Gasteiger partial charge is 0.497 e. The molecule has 0 aliphatic rings. The monoisotopic (exact) mass is 415 g/mol. The van der Waals surface area contributed by atoms with E-state index < -0.39 is 0 Å². The van der Waals surface area contributed by atoms with Gasteiger partial charge in [-0.25, -0.2) is 15.0 Å². The Bertz CT molecular complexity index is 1370. The van der Waals surface area contributed by atoms with Crippen molar-refractivity contribution in [3.63, 3.8) is 0 Å². The second-order valence-electron chi connectivity index (χ2n) is 6.70. The van der Waals surface area contributed by atoms with Crippen LogP contribution in [0.25, 0.3) is 32.5 Å². The van der Waals surface area contributed by atoms with Crippen molar-refractivity contribution < 1.29 is 9.53 Å².